The number of hydrogen-bond acceptors (Lipinski definition) is 3. The lowest BCUT2D eigenvalue weighted by molar-refractivity contribution is -0.130. The molecular formula is C16H17NO3. The zero-order chi connectivity index (χ0) is 14.5. The number of benzene rings is 2. The molecule has 4 heteroatoms. The van der Waals surface area contributed by atoms with E-state index in [0.29, 0.717) is 13.1 Å². The molecule has 1 amide bonds. The monoisotopic (exact) mass is 271 g/mol. The summed E-state index contributed by atoms with van der Waals surface area (Å²) in [4.78, 5) is 13.4. The Kier molecular flexibility index (Phi) is 4.25. The van der Waals surface area contributed by atoms with Crippen LogP contribution >= 0.6 is 0 Å². The van der Waals surface area contributed by atoms with Crippen molar-refractivity contribution in [3.63, 3.8) is 0 Å². The van der Waals surface area contributed by atoms with Crippen molar-refractivity contribution in [3.05, 3.63) is 59.7 Å². The van der Waals surface area contributed by atoms with Crippen LogP contribution in [-0.4, -0.2) is 21.0 Å². The first kappa shape index (κ1) is 13.9. The Bertz CT molecular complexity index is 563. The molecule has 2 rings (SSSR count). The number of amides is 1. The van der Waals surface area contributed by atoms with E-state index in [1.54, 1.807) is 41.3 Å². The second-order valence-corrected chi connectivity index (χ2v) is 4.71. The highest BCUT2D eigenvalue weighted by atomic mass is 16.3. The first-order chi connectivity index (χ1) is 9.54. The molecule has 0 unspecified atom stereocenters. The normalized spacial score (nSPS) is 10.2. The first-order valence-corrected chi connectivity index (χ1v) is 6.36. The summed E-state index contributed by atoms with van der Waals surface area (Å²) in [6.07, 6.45) is 0. The highest BCUT2D eigenvalue weighted by Gasteiger charge is 2.11. The number of rotatable bonds is 4. The number of nitrogens with zero attached hydrogens (tertiary/aromatic N) is 1. The number of carbonyl (C=O) groups excluding carboxylic acids is 1. The highest BCUT2D eigenvalue weighted by molar-refractivity contribution is 5.73. The fraction of sp³-hybridized carbons (Fsp3) is 0.188. The van der Waals surface area contributed by atoms with Gasteiger partial charge in [-0.15, -0.1) is 0 Å². The van der Waals surface area contributed by atoms with Crippen molar-refractivity contribution in [1.29, 1.82) is 0 Å². The SMILES string of the molecule is CC(=O)N(Cc1cccc(O)c1)Cc1cccc(O)c1. The number of phenols is 2. The Morgan fingerprint density at radius 1 is 0.950 bits per heavy atom. The molecule has 0 aliphatic heterocycles. The minimum absolute atomic E-state index is 0.0586. The molecule has 0 fully saturated rings. The lowest BCUT2D eigenvalue weighted by Crippen LogP contribution is -2.27. The molecule has 0 aromatic heterocycles. The van der Waals surface area contributed by atoms with E-state index in [0.717, 1.165) is 11.1 Å². The van der Waals surface area contributed by atoms with Crippen molar-refractivity contribution in [2.24, 2.45) is 0 Å². The summed E-state index contributed by atoms with van der Waals surface area (Å²) in [6, 6.07) is 13.7. The molecule has 0 atom stereocenters. The lowest BCUT2D eigenvalue weighted by Gasteiger charge is -2.21. The fourth-order valence-electron chi connectivity index (χ4n) is 2.03. The van der Waals surface area contributed by atoms with Gasteiger partial charge in [0.05, 0.1) is 0 Å². The molecule has 0 radical (unpaired) electrons. The summed E-state index contributed by atoms with van der Waals surface area (Å²) in [5.41, 5.74) is 1.72. The minimum Gasteiger partial charge on any atom is -0.508 e. The smallest absolute Gasteiger partial charge is 0.220 e. The molecule has 0 heterocycles. The predicted molar refractivity (Wildman–Crippen MR) is 76.1 cm³/mol. The maximum Gasteiger partial charge on any atom is 0.220 e. The van der Waals surface area contributed by atoms with Gasteiger partial charge in [0, 0.05) is 20.0 Å². The molecule has 0 spiro atoms. The predicted octanol–water partition coefficient (Wildman–Crippen LogP) is 2.65. The summed E-state index contributed by atoms with van der Waals surface area (Å²) in [5.74, 6) is 0.309. The zero-order valence-corrected chi connectivity index (χ0v) is 11.3. The van der Waals surface area contributed by atoms with Crippen LogP contribution in [0.4, 0.5) is 0 Å². The van der Waals surface area contributed by atoms with Crippen LogP contribution in [0.3, 0.4) is 0 Å². The maximum absolute atomic E-state index is 11.7. The van der Waals surface area contributed by atoms with E-state index < -0.39 is 0 Å². The van der Waals surface area contributed by atoms with Gasteiger partial charge >= 0.3 is 0 Å². The van der Waals surface area contributed by atoms with Gasteiger partial charge in [0.1, 0.15) is 11.5 Å². The number of hydrogen-bond donors (Lipinski definition) is 2. The van der Waals surface area contributed by atoms with Crippen molar-refractivity contribution in [2.75, 3.05) is 0 Å². The summed E-state index contributed by atoms with van der Waals surface area (Å²) in [7, 11) is 0. The summed E-state index contributed by atoms with van der Waals surface area (Å²) in [5, 5.41) is 18.9. The van der Waals surface area contributed by atoms with E-state index in [9.17, 15) is 15.0 Å². The van der Waals surface area contributed by atoms with E-state index in [1.807, 2.05) is 12.1 Å². The van der Waals surface area contributed by atoms with Crippen molar-refractivity contribution < 1.29 is 15.0 Å². The van der Waals surface area contributed by atoms with Gasteiger partial charge in [-0.1, -0.05) is 24.3 Å². The van der Waals surface area contributed by atoms with Gasteiger partial charge in [0.15, 0.2) is 0 Å². The highest BCUT2D eigenvalue weighted by Crippen LogP contribution is 2.17. The van der Waals surface area contributed by atoms with E-state index in [-0.39, 0.29) is 17.4 Å². The van der Waals surface area contributed by atoms with Gasteiger partial charge in [-0.05, 0) is 35.4 Å². The standard InChI is InChI=1S/C16H17NO3/c1-12(18)17(10-13-4-2-6-15(19)8-13)11-14-5-3-7-16(20)9-14/h2-9,19-20H,10-11H2,1H3. The molecule has 0 aliphatic carbocycles. The van der Waals surface area contributed by atoms with Crippen LogP contribution in [0.5, 0.6) is 11.5 Å². The second-order valence-electron chi connectivity index (χ2n) is 4.71. The van der Waals surface area contributed by atoms with Gasteiger partial charge < -0.3 is 15.1 Å². The molecular weight excluding hydrogens is 254 g/mol. The zero-order valence-electron chi connectivity index (χ0n) is 11.3. The Hall–Kier alpha value is -2.49. The van der Waals surface area contributed by atoms with Crippen LogP contribution in [0, 0.1) is 0 Å². The molecule has 2 N–H and O–H groups in total. The third-order valence-corrected chi connectivity index (χ3v) is 3.01. The van der Waals surface area contributed by atoms with Gasteiger partial charge in [-0.25, -0.2) is 0 Å². The van der Waals surface area contributed by atoms with Crippen molar-refractivity contribution >= 4 is 5.91 Å². The van der Waals surface area contributed by atoms with Crippen molar-refractivity contribution in [2.45, 2.75) is 20.0 Å². The van der Waals surface area contributed by atoms with E-state index in [1.165, 1.54) is 6.92 Å². The van der Waals surface area contributed by atoms with Gasteiger partial charge in [0.25, 0.3) is 0 Å². The van der Waals surface area contributed by atoms with Crippen molar-refractivity contribution in [3.8, 4) is 11.5 Å². The van der Waals surface area contributed by atoms with Crippen LogP contribution in [0.1, 0.15) is 18.1 Å². The lowest BCUT2D eigenvalue weighted by atomic mass is 10.1. The molecule has 0 saturated carbocycles. The summed E-state index contributed by atoms with van der Waals surface area (Å²) >= 11 is 0. The van der Waals surface area contributed by atoms with E-state index in [4.69, 9.17) is 0 Å². The third kappa shape index (κ3) is 3.75. The van der Waals surface area contributed by atoms with Crippen molar-refractivity contribution in [1.82, 2.24) is 4.90 Å². The largest absolute Gasteiger partial charge is 0.508 e. The fourth-order valence-corrected chi connectivity index (χ4v) is 2.03. The molecule has 20 heavy (non-hydrogen) atoms. The quantitative estimate of drug-likeness (QED) is 0.898. The number of phenolic OH excluding ortho intramolecular Hbond substituents is 2. The third-order valence-electron chi connectivity index (χ3n) is 3.01. The van der Waals surface area contributed by atoms with E-state index >= 15 is 0 Å². The Morgan fingerprint density at radius 3 is 1.75 bits per heavy atom. The molecule has 0 bridgehead atoms. The van der Waals surface area contributed by atoms with Crippen LogP contribution in [0.2, 0.25) is 0 Å². The summed E-state index contributed by atoms with van der Waals surface area (Å²) in [6.45, 7) is 2.34. The van der Waals surface area contributed by atoms with Gasteiger partial charge in [-0.3, -0.25) is 4.79 Å². The first-order valence-electron chi connectivity index (χ1n) is 6.36. The Balaban J connectivity index is 2.13. The van der Waals surface area contributed by atoms with Gasteiger partial charge in [0.2, 0.25) is 5.91 Å². The molecule has 2 aromatic rings. The number of aromatic hydroxyl groups is 2. The summed E-state index contributed by atoms with van der Waals surface area (Å²) < 4.78 is 0. The minimum atomic E-state index is -0.0586. The van der Waals surface area contributed by atoms with Crippen LogP contribution in [0.25, 0.3) is 0 Å². The molecule has 0 aliphatic rings. The Labute approximate surface area is 117 Å². The Morgan fingerprint density at radius 2 is 1.40 bits per heavy atom. The maximum atomic E-state index is 11.7. The topological polar surface area (TPSA) is 60.8 Å². The van der Waals surface area contributed by atoms with Crippen LogP contribution < -0.4 is 0 Å². The van der Waals surface area contributed by atoms with Gasteiger partial charge in [-0.2, -0.15) is 0 Å². The van der Waals surface area contributed by atoms with E-state index in [2.05, 4.69) is 0 Å². The molecule has 0 saturated heterocycles. The molecule has 2 aromatic carbocycles. The molecule has 4 nitrogen and oxygen atoms in total. The van der Waals surface area contributed by atoms with Crippen LogP contribution in [-0.2, 0) is 17.9 Å². The van der Waals surface area contributed by atoms with Crippen LogP contribution in [0.15, 0.2) is 48.5 Å². The molecule has 104 valence electrons. The second kappa shape index (κ2) is 6.10. The average molecular weight is 271 g/mol. The number of carbonyl (C=O) groups is 1. The average Bonchev–Trinajstić information content (AvgIpc) is 2.38.